The third kappa shape index (κ3) is 4.08. The number of amidine groups is 1. The number of aryl methyl sites for hydroxylation is 1. The van der Waals surface area contributed by atoms with Crippen molar-refractivity contribution in [3.05, 3.63) is 35.4 Å². The Morgan fingerprint density at radius 2 is 2.17 bits per heavy atom. The van der Waals surface area contributed by atoms with E-state index in [-0.39, 0.29) is 17.7 Å². The lowest BCUT2D eigenvalue weighted by atomic mass is 10.1. The van der Waals surface area contributed by atoms with Gasteiger partial charge in [0.05, 0.1) is 6.42 Å². The number of carbonyl (C=O) groups excluding carboxylic acids is 1. The number of hydrogen-bond acceptors (Lipinski definition) is 3. The Bertz CT molecular complexity index is 444. The van der Waals surface area contributed by atoms with Gasteiger partial charge in [0.15, 0.2) is 0 Å². The molecule has 0 aliphatic heterocycles. The first-order chi connectivity index (χ1) is 8.54. The van der Waals surface area contributed by atoms with E-state index in [4.69, 9.17) is 10.9 Å². The van der Waals surface area contributed by atoms with E-state index in [1.807, 2.05) is 31.2 Å². The molecule has 5 heteroatoms. The van der Waals surface area contributed by atoms with Crippen LogP contribution in [0.15, 0.2) is 29.4 Å². The first kappa shape index (κ1) is 14.0. The van der Waals surface area contributed by atoms with Crippen LogP contribution in [0.25, 0.3) is 0 Å². The molecule has 1 amide bonds. The van der Waals surface area contributed by atoms with Gasteiger partial charge in [0.1, 0.15) is 5.84 Å². The van der Waals surface area contributed by atoms with E-state index in [1.54, 1.807) is 6.92 Å². The molecule has 0 fully saturated rings. The monoisotopic (exact) mass is 249 g/mol. The van der Waals surface area contributed by atoms with E-state index in [1.165, 1.54) is 0 Å². The van der Waals surface area contributed by atoms with E-state index in [2.05, 4.69) is 10.5 Å². The van der Waals surface area contributed by atoms with Crippen LogP contribution in [-0.2, 0) is 11.2 Å². The number of carbonyl (C=O) groups is 1. The molecule has 18 heavy (non-hydrogen) atoms. The summed E-state index contributed by atoms with van der Waals surface area (Å²) in [5.74, 6) is -0.135. The highest BCUT2D eigenvalue weighted by atomic mass is 16.4. The Hall–Kier alpha value is -2.04. The van der Waals surface area contributed by atoms with Gasteiger partial charge in [0, 0.05) is 12.5 Å². The van der Waals surface area contributed by atoms with Gasteiger partial charge in [0.25, 0.3) is 0 Å². The summed E-state index contributed by atoms with van der Waals surface area (Å²) in [6.07, 6.45) is 0.343. The summed E-state index contributed by atoms with van der Waals surface area (Å²) in [5.41, 5.74) is 7.53. The number of hydrogen-bond donors (Lipinski definition) is 3. The van der Waals surface area contributed by atoms with Crippen LogP contribution in [-0.4, -0.2) is 23.5 Å². The Labute approximate surface area is 107 Å². The summed E-state index contributed by atoms with van der Waals surface area (Å²) in [6.45, 7) is 4.12. The first-order valence-electron chi connectivity index (χ1n) is 5.83. The molecule has 0 heterocycles. The van der Waals surface area contributed by atoms with Crippen molar-refractivity contribution in [1.82, 2.24) is 5.32 Å². The second-order valence-electron chi connectivity index (χ2n) is 4.33. The summed E-state index contributed by atoms with van der Waals surface area (Å²) >= 11 is 0. The highest BCUT2D eigenvalue weighted by molar-refractivity contribution is 5.83. The highest BCUT2D eigenvalue weighted by Gasteiger charge is 2.10. The maximum absolute atomic E-state index is 11.7. The number of nitrogens with zero attached hydrogens (tertiary/aromatic N) is 1. The summed E-state index contributed by atoms with van der Waals surface area (Å²) in [7, 11) is 0. The van der Waals surface area contributed by atoms with E-state index in [9.17, 15) is 4.79 Å². The Balaban J connectivity index is 2.46. The van der Waals surface area contributed by atoms with Gasteiger partial charge in [-0.25, -0.2) is 0 Å². The van der Waals surface area contributed by atoms with Gasteiger partial charge in [-0.1, -0.05) is 36.3 Å². The largest absolute Gasteiger partial charge is 0.409 e. The molecule has 0 aromatic heterocycles. The SMILES string of the molecule is Cc1ccccc1CC(=O)NCC(C)C(N)=NO. The van der Waals surface area contributed by atoms with Gasteiger partial charge >= 0.3 is 0 Å². The average molecular weight is 249 g/mol. The number of nitrogens with one attached hydrogen (secondary N) is 1. The summed E-state index contributed by atoms with van der Waals surface area (Å²) < 4.78 is 0. The minimum Gasteiger partial charge on any atom is -0.409 e. The van der Waals surface area contributed by atoms with Crippen molar-refractivity contribution >= 4 is 11.7 Å². The number of oxime groups is 1. The third-order valence-electron chi connectivity index (χ3n) is 2.84. The van der Waals surface area contributed by atoms with Gasteiger partial charge in [0.2, 0.25) is 5.91 Å². The summed E-state index contributed by atoms with van der Waals surface area (Å²) in [6, 6.07) is 7.76. The molecule has 1 atom stereocenters. The maximum atomic E-state index is 11.7. The molecule has 0 aliphatic rings. The summed E-state index contributed by atoms with van der Waals surface area (Å²) in [4.78, 5) is 11.7. The normalized spacial score (nSPS) is 13.1. The van der Waals surface area contributed by atoms with Crippen molar-refractivity contribution in [2.24, 2.45) is 16.8 Å². The fraction of sp³-hybridized carbons (Fsp3) is 0.385. The maximum Gasteiger partial charge on any atom is 0.224 e. The van der Waals surface area contributed by atoms with Crippen LogP contribution in [0.4, 0.5) is 0 Å². The average Bonchev–Trinajstić information content (AvgIpc) is 2.37. The molecular formula is C13H19N3O2. The number of amides is 1. The molecule has 0 spiro atoms. The molecule has 0 radical (unpaired) electrons. The standard InChI is InChI=1S/C13H19N3O2/c1-9-5-3-4-6-11(9)7-12(17)15-8-10(2)13(14)16-18/h3-6,10,18H,7-8H2,1-2H3,(H2,14,16)(H,15,17). The molecule has 0 saturated heterocycles. The lowest BCUT2D eigenvalue weighted by Crippen LogP contribution is -2.35. The number of rotatable bonds is 5. The smallest absolute Gasteiger partial charge is 0.224 e. The van der Waals surface area contributed by atoms with Crippen molar-refractivity contribution in [2.45, 2.75) is 20.3 Å². The van der Waals surface area contributed by atoms with Crippen molar-refractivity contribution in [3.8, 4) is 0 Å². The Morgan fingerprint density at radius 1 is 1.50 bits per heavy atom. The van der Waals surface area contributed by atoms with Crippen molar-refractivity contribution < 1.29 is 10.0 Å². The quantitative estimate of drug-likeness (QED) is 0.315. The van der Waals surface area contributed by atoms with E-state index in [0.717, 1.165) is 11.1 Å². The second-order valence-corrected chi connectivity index (χ2v) is 4.33. The number of nitrogens with two attached hydrogens (primary N) is 1. The molecule has 0 aliphatic carbocycles. The van der Waals surface area contributed by atoms with E-state index in [0.29, 0.717) is 13.0 Å². The minimum atomic E-state index is -0.184. The van der Waals surface area contributed by atoms with Gasteiger partial charge < -0.3 is 16.3 Å². The molecule has 1 aromatic carbocycles. The zero-order valence-electron chi connectivity index (χ0n) is 10.7. The predicted octanol–water partition coefficient (Wildman–Crippen LogP) is 1.04. The lowest BCUT2D eigenvalue weighted by molar-refractivity contribution is -0.120. The van der Waals surface area contributed by atoms with Crippen LogP contribution < -0.4 is 11.1 Å². The van der Waals surface area contributed by atoms with Crippen LogP contribution in [0, 0.1) is 12.8 Å². The molecule has 98 valence electrons. The van der Waals surface area contributed by atoms with E-state index < -0.39 is 0 Å². The second kappa shape index (κ2) is 6.64. The fourth-order valence-corrected chi connectivity index (χ4v) is 1.51. The highest BCUT2D eigenvalue weighted by Crippen LogP contribution is 2.07. The molecule has 1 rings (SSSR count). The molecule has 1 aromatic rings. The molecule has 0 saturated carbocycles. The van der Waals surface area contributed by atoms with Gasteiger partial charge in [-0.2, -0.15) is 0 Å². The van der Waals surface area contributed by atoms with Crippen LogP contribution in [0.5, 0.6) is 0 Å². The van der Waals surface area contributed by atoms with Gasteiger partial charge in [-0.05, 0) is 18.1 Å². The lowest BCUT2D eigenvalue weighted by Gasteiger charge is -2.11. The van der Waals surface area contributed by atoms with E-state index >= 15 is 0 Å². The molecular weight excluding hydrogens is 230 g/mol. The van der Waals surface area contributed by atoms with Crippen molar-refractivity contribution in [2.75, 3.05) is 6.54 Å². The fourth-order valence-electron chi connectivity index (χ4n) is 1.51. The Kier molecular flexibility index (Phi) is 5.17. The van der Waals surface area contributed by atoms with Crippen LogP contribution in [0.1, 0.15) is 18.1 Å². The zero-order valence-corrected chi connectivity index (χ0v) is 10.7. The number of benzene rings is 1. The molecule has 0 bridgehead atoms. The molecule has 5 nitrogen and oxygen atoms in total. The third-order valence-corrected chi connectivity index (χ3v) is 2.84. The summed E-state index contributed by atoms with van der Waals surface area (Å²) in [5, 5.41) is 14.2. The molecule has 1 unspecified atom stereocenters. The molecule has 4 N–H and O–H groups in total. The van der Waals surface area contributed by atoms with Crippen molar-refractivity contribution in [1.29, 1.82) is 0 Å². The topological polar surface area (TPSA) is 87.7 Å². The zero-order chi connectivity index (χ0) is 13.5. The van der Waals surface area contributed by atoms with Crippen LogP contribution >= 0.6 is 0 Å². The van der Waals surface area contributed by atoms with Gasteiger partial charge in [-0.15, -0.1) is 0 Å². The van der Waals surface area contributed by atoms with Crippen molar-refractivity contribution in [3.63, 3.8) is 0 Å². The first-order valence-corrected chi connectivity index (χ1v) is 5.83. The van der Waals surface area contributed by atoms with Crippen LogP contribution in [0.2, 0.25) is 0 Å². The Morgan fingerprint density at radius 3 is 2.78 bits per heavy atom. The predicted molar refractivity (Wildman–Crippen MR) is 70.5 cm³/mol. The van der Waals surface area contributed by atoms with Gasteiger partial charge in [-0.3, -0.25) is 4.79 Å². The minimum absolute atomic E-state index is 0.0677. The van der Waals surface area contributed by atoms with Crippen LogP contribution in [0.3, 0.4) is 0 Å².